The van der Waals surface area contributed by atoms with E-state index in [-0.39, 0.29) is 18.4 Å². The summed E-state index contributed by atoms with van der Waals surface area (Å²) in [6.45, 7) is 0.000896. The van der Waals surface area contributed by atoms with Gasteiger partial charge >= 0.3 is 0 Å². The summed E-state index contributed by atoms with van der Waals surface area (Å²) >= 11 is 6.21. The molecule has 1 N–H and O–H groups in total. The van der Waals surface area contributed by atoms with Gasteiger partial charge in [0.05, 0.1) is 12.0 Å². The van der Waals surface area contributed by atoms with Gasteiger partial charge in [-0.05, 0) is 23.6 Å². The fourth-order valence-electron chi connectivity index (χ4n) is 2.36. The summed E-state index contributed by atoms with van der Waals surface area (Å²) < 4.78 is 0. The third-order valence-electron chi connectivity index (χ3n) is 3.34. The third kappa shape index (κ3) is 3.16. The van der Waals surface area contributed by atoms with Crippen molar-refractivity contribution in [2.75, 3.05) is 6.61 Å². The van der Waals surface area contributed by atoms with Crippen LogP contribution in [0.5, 0.6) is 0 Å². The first kappa shape index (κ1) is 14.5. The SMILES string of the molecule is N#C[C@H](c1ccccc1)[C@@H](CCO)c1cnccc1Cl. The van der Waals surface area contributed by atoms with Gasteiger partial charge < -0.3 is 5.11 Å². The highest BCUT2D eigenvalue weighted by atomic mass is 35.5. The number of hydrogen-bond donors (Lipinski definition) is 1. The van der Waals surface area contributed by atoms with Crippen LogP contribution in [0.1, 0.15) is 29.4 Å². The van der Waals surface area contributed by atoms with E-state index in [1.165, 1.54) is 0 Å². The molecule has 1 heterocycles. The summed E-state index contributed by atoms with van der Waals surface area (Å²) in [7, 11) is 0. The molecule has 1 aromatic heterocycles. The van der Waals surface area contributed by atoms with Crippen molar-refractivity contribution in [3.05, 3.63) is 64.9 Å². The topological polar surface area (TPSA) is 56.9 Å². The van der Waals surface area contributed by atoms with Gasteiger partial charge in [-0.2, -0.15) is 5.26 Å². The van der Waals surface area contributed by atoms with Gasteiger partial charge in [0.2, 0.25) is 0 Å². The summed E-state index contributed by atoms with van der Waals surface area (Å²) in [6, 6.07) is 13.6. The normalized spacial score (nSPS) is 13.4. The summed E-state index contributed by atoms with van der Waals surface area (Å²) in [5, 5.41) is 19.4. The first-order valence-corrected chi connectivity index (χ1v) is 6.80. The number of pyridine rings is 1. The molecule has 0 unspecified atom stereocenters. The van der Waals surface area contributed by atoms with E-state index in [9.17, 15) is 10.4 Å². The Labute approximate surface area is 123 Å². The van der Waals surface area contributed by atoms with Crippen molar-refractivity contribution >= 4 is 11.6 Å². The Bertz CT molecular complexity index is 595. The minimum absolute atomic E-state index is 0.000896. The first-order valence-electron chi connectivity index (χ1n) is 6.42. The van der Waals surface area contributed by atoms with Crippen LogP contribution in [0.4, 0.5) is 0 Å². The van der Waals surface area contributed by atoms with Gasteiger partial charge in [0.25, 0.3) is 0 Å². The highest BCUT2D eigenvalue weighted by Crippen LogP contribution is 2.37. The van der Waals surface area contributed by atoms with Crippen LogP contribution in [0.15, 0.2) is 48.8 Å². The van der Waals surface area contributed by atoms with Crippen LogP contribution in [-0.4, -0.2) is 16.7 Å². The highest BCUT2D eigenvalue weighted by molar-refractivity contribution is 6.31. The smallest absolute Gasteiger partial charge is 0.0783 e. The van der Waals surface area contributed by atoms with E-state index >= 15 is 0 Å². The Kier molecular flexibility index (Phi) is 5.11. The Balaban J connectivity index is 2.42. The van der Waals surface area contributed by atoms with Crippen LogP contribution in [-0.2, 0) is 0 Å². The Morgan fingerprint density at radius 2 is 2.00 bits per heavy atom. The van der Waals surface area contributed by atoms with Crippen LogP contribution >= 0.6 is 11.6 Å². The largest absolute Gasteiger partial charge is 0.396 e. The third-order valence-corrected chi connectivity index (χ3v) is 3.68. The van der Waals surface area contributed by atoms with Crippen LogP contribution in [0.2, 0.25) is 5.02 Å². The minimum Gasteiger partial charge on any atom is -0.396 e. The van der Waals surface area contributed by atoms with Crippen LogP contribution in [0.25, 0.3) is 0 Å². The Morgan fingerprint density at radius 1 is 1.25 bits per heavy atom. The van der Waals surface area contributed by atoms with Gasteiger partial charge in [-0.3, -0.25) is 4.98 Å². The molecule has 0 aliphatic carbocycles. The van der Waals surface area contributed by atoms with E-state index in [0.717, 1.165) is 11.1 Å². The lowest BCUT2D eigenvalue weighted by Crippen LogP contribution is -2.12. The lowest BCUT2D eigenvalue weighted by molar-refractivity contribution is 0.272. The van der Waals surface area contributed by atoms with Crippen molar-refractivity contribution in [3.8, 4) is 6.07 Å². The van der Waals surface area contributed by atoms with Gasteiger partial charge in [-0.15, -0.1) is 0 Å². The summed E-state index contributed by atoms with van der Waals surface area (Å²) in [5.74, 6) is -0.529. The van der Waals surface area contributed by atoms with Gasteiger partial charge in [-0.25, -0.2) is 0 Å². The number of benzene rings is 1. The molecule has 102 valence electrons. The number of aromatic nitrogens is 1. The molecule has 0 spiro atoms. The van der Waals surface area contributed by atoms with E-state index in [0.29, 0.717) is 11.4 Å². The fraction of sp³-hybridized carbons (Fsp3) is 0.250. The van der Waals surface area contributed by atoms with Gasteiger partial charge in [0, 0.05) is 29.9 Å². The lowest BCUT2D eigenvalue weighted by atomic mass is 9.81. The summed E-state index contributed by atoms with van der Waals surface area (Å²) in [6.07, 6.45) is 3.76. The van der Waals surface area contributed by atoms with Crippen molar-refractivity contribution in [1.29, 1.82) is 5.26 Å². The molecular weight excluding hydrogens is 272 g/mol. The molecule has 4 heteroatoms. The molecule has 1 aromatic carbocycles. The molecule has 2 atom stereocenters. The highest BCUT2D eigenvalue weighted by Gasteiger charge is 2.26. The number of rotatable bonds is 5. The molecule has 0 aliphatic rings. The van der Waals surface area contributed by atoms with Gasteiger partial charge in [0.15, 0.2) is 0 Å². The number of halogens is 1. The van der Waals surface area contributed by atoms with Crippen LogP contribution in [0, 0.1) is 11.3 Å². The van der Waals surface area contributed by atoms with Crippen molar-refractivity contribution in [3.63, 3.8) is 0 Å². The van der Waals surface area contributed by atoms with E-state index < -0.39 is 0 Å². The molecule has 20 heavy (non-hydrogen) atoms. The molecule has 2 rings (SSSR count). The Morgan fingerprint density at radius 3 is 2.60 bits per heavy atom. The molecule has 2 aromatic rings. The van der Waals surface area contributed by atoms with E-state index in [4.69, 9.17) is 11.6 Å². The van der Waals surface area contributed by atoms with Crippen molar-refractivity contribution < 1.29 is 5.11 Å². The zero-order valence-electron chi connectivity index (χ0n) is 10.9. The second-order valence-corrected chi connectivity index (χ2v) is 4.94. The van der Waals surface area contributed by atoms with Crippen LogP contribution in [0.3, 0.4) is 0 Å². The minimum atomic E-state index is -0.356. The maximum absolute atomic E-state index is 9.53. The molecule has 0 saturated heterocycles. The second kappa shape index (κ2) is 7.04. The van der Waals surface area contributed by atoms with E-state index in [2.05, 4.69) is 11.1 Å². The molecule has 0 bridgehead atoms. The maximum Gasteiger partial charge on any atom is 0.0783 e. The first-order chi connectivity index (χ1) is 9.77. The Hall–Kier alpha value is -1.89. The van der Waals surface area contributed by atoms with Crippen molar-refractivity contribution in [1.82, 2.24) is 4.98 Å². The quantitative estimate of drug-likeness (QED) is 0.915. The number of aliphatic hydroxyl groups is 1. The molecular formula is C16H15ClN2O. The van der Waals surface area contributed by atoms with E-state index in [1.54, 1.807) is 18.5 Å². The van der Waals surface area contributed by atoms with Crippen molar-refractivity contribution in [2.24, 2.45) is 0 Å². The second-order valence-electron chi connectivity index (χ2n) is 4.53. The predicted molar refractivity (Wildman–Crippen MR) is 78.5 cm³/mol. The predicted octanol–water partition coefficient (Wildman–Crippen LogP) is 3.51. The zero-order chi connectivity index (χ0) is 14.4. The molecule has 0 saturated carbocycles. The molecule has 0 amide bonds. The van der Waals surface area contributed by atoms with Gasteiger partial charge in [-0.1, -0.05) is 41.9 Å². The average Bonchev–Trinajstić information content (AvgIpc) is 2.49. The average molecular weight is 287 g/mol. The summed E-state index contributed by atoms with van der Waals surface area (Å²) in [4.78, 5) is 4.08. The standard InChI is InChI=1S/C16H15ClN2O/c17-16-6-8-19-11-15(16)13(7-9-20)14(10-18)12-4-2-1-3-5-12/h1-6,8,11,13-14,20H,7,9H2/t13-,14-/m1/s1. The monoisotopic (exact) mass is 286 g/mol. The number of nitriles is 1. The zero-order valence-corrected chi connectivity index (χ0v) is 11.7. The number of aliphatic hydroxyl groups excluding tert-OH is 1. The number of hydrogen-bond acceptors (Lipinski definition) is 3. The maximum atomic E-state index is 9.53. The van der Waals surface area contributed by atoms with E-state index in [1.807, 2.05) is 30.3 Å². The molecule has 0 radical (unpaired) electrons. The fourth-order valence-corrected chi connectivity index (χ4v) is 2.61. The molecule has 0 fully saturated rings. The lowest BCUT2D eigenvalue weighted by Gasteiger charge is -2.22. The number of nitrogens with zero attached hydrogens (tertiary/aromatic N) is 2. The molecule has 0 aliphatic heterocycles. The summed E-state index contributed by atoms with van der Waals surface area (Å²) in [5.41, 5.74) is 1.73. The van der Waals surface area contributed by atoms with Gasteiger partial charge in [0.1, 0.15) is 0 Å². The molecule has 3 nitrogen and oxygen atoms in total. The van der Waals surface area contributed by atoms with Crippen molar-refractivity contribution in [2.45, 2.75) is 18.3 Å². The van der Waals surface area contributed by atoms with Crippen LogP contribution < -0.4 is 0 Å².